The van der Waals surface area contributed by atoms with Crippen LogP contribution in [0.2, 0.25) is 0 Å². The maximum atomic E-state index is 10.4. The van der Waals surface area contributed by atoms with E-state index in [-0.39, 0.29) is 5.69 Å². The van der Waals surface area contributed by atoms with Crippen molar-refractivity contribution in [2.24, 2.45) is 7.05 Å². The highest BCUT2D eigenvalue weighted by molar-refractivity contribution is 5.74. The number of aryl methyl sites for hydroxylation is 1. The molecule has 1 unspecified atom stereocenters. The van der Waals surface area contributed by atoms with Gasteiger partial charge in [-0.25, -0.2) is 4.79 Å². The predicted molar refractivity (Wildman–Crippen MR) is 42.5 cm³/mol. The van der Waals surface area contributed by atoms with E-state index in [9.17, 15) is 14.9 Å². The summed E-state index contributed by atoms with van der Waals surface area (Å²) in [6, 6.07) is 0. The van der Waals surface area contributed by atoms with Crippen molar-refractivity contribution in [2.75, 3.05) is 0 Å². The van der Waals surface area contributed by atoms with Gasteiger partial charge in [-0.05, 0) is 0 Å². The highest BCUT2D eigenvalue weighted by Crippen LogP contribution is 2.23. The number of rotatable bonds is 3. The van der Waals surface area contributed by atoms with E-state index in [0.29, 0.717) is 0 Å². The number of hydrogen-bond acceptors (Lipinski definition) is 5. The van der Waals surface area contributed by atoms with Crippen molar-refractivity contribution in [2.45, 2.75) is 6.10 Å². The SMILES string of the molecule is Cn1ncc([N+](=O)[O-])c1C(O)C(=O)O. The predicted octanol–water partition coefficient (Wildman–Crippen LogP) is -0.554. The molecular weight excluding hydrogens is 194 g/mol. The third-order valence-corrected chi connectivity index (χ3v) is 1.65. The quantitative estimate of drug-likeness (QED) is 0.500. The minimum Gasteiger partial charge on any atom is -0.479 e. The second-order valence-corrected chi connectivity index (χ2v) is 2.54. The Kier molecular flexibility index (Phi) is 2.47. The van der Waals surface area contributed by atoms with Gasteiger partial charge < -0.3 is 10.2 Å². The van der Waals surface area contributed by atoms with Gasteiger partial charge in [-0.3, -0.25) is 14.8 Å². The van der Waals surface area contributed by atoms with E-state index < -0.39 is 22.7 Å². The third-order valence-electron chi connectivity index (χ3n) is 1.65. The molecule has 0 spiro atoms. The number of nitro groups is 1. The first-order valence-corrected chi connectivity index (χ1v) is 3.52. The molecule has 76 valence electrons. The Labute approximate surface area is 77.5 Å². The molecule has 2 N–H and O–H groups in total. The lowest BCUT2D eigenvalue weighted by Gasteiger charge is -2.04. The Morgan fingerprint density at radius 2 is 2.36 bits per heavy atom. The number of aromatic nitrogens is 2. The number of carbonyl (C=O) groups is 1. The van der Waals surface area contributed by atoms with E-state index >= 15 is 0 Å². The minimum absolute atomic E-state index is 0.345. The Balaban J connectivity index is 3.24. The monoisotopic (exact) mass is 201 g/mol. The number of carboxylic acid groups (broad SMARTS) is 1. The van der Waals surface area contributed by atoms with Gasteiger partial charge in [0.2, 0.25) is 0 Å². The van der Waals surface area contributed by atoms with Gasteiger partial charge in [0.1, 0.15) is 6.20 Å². The molecule has 8 nitrogen and oxygen atoms in total. The van der Waals surface area contributed by atoms with Crippen molar-refractivity contribution >= 4 is 11.7 Å². The molecule has 1 atom stereocenters. The van der Waals surface area contributed by atoms with Crippen LogP contribution in [-0.4, -0.2) is 30.9 Å². The molecule has 0 radical (unpaired) electrons. The fourth-order valence-corrected chi connectivity index (χ4v) is 1.01. The number of carboxylic acids is 1. The van der Waals surface area contributed by atoms with Crippen LogP contribution in [0.5, 0.6) is 0 Å². The number of hydrogen-bond donors (Lipinski definition) is 2. The maximum absolute atomic E-state index is 10.4. The Morgan fingerprint density at radius 3 is 2.79 bits per heavy atom. The third kappa shape index (κ3) is 1.55. The largest absolute Gasteiger partial charge is 0.479 e. The molecule has 1 aromatic heterocycles. The summed E-state index contributed by atoms with van der Waals surface area (Å²) < 4.78 is 0.955. The van der Waals surface area contributed by atoms with Crippen molar-refractivity contribution in [3.8, 4) is 0 Å². The summed E-state index contributed by atoms with van der Waals surface area (Å²) in [5, 5.41) is 31.5. The van der Waals surface area contributed by atoms with Gasteiger partial charge in [0, 0.05) is 7.05 Å². The summed E-state index contributed by atoms with van der Waals surface area (Å²) >= 11 is 0. The molecule has 0 saturated heterocycles. The summed E-state index contributed by atoms with van der Waals surface area (Å²) in [6.07, 6.45) is -1.05. The minimum atomic E-state index is -1.94. The summed E-state index contributed by atoms with van der Waals surface area (Å²) in [5.41, 5.74) is -0.857. The van der Waals surface area contributed by atoms with Crippen molar-refractivity contribution in [1.29, 1.82) is 0 Å². The first-order valence-electron chi connectivity index (χ1n) is 3.52. The first-order chi connectivity index (χ1) is 6.45. The van der Waals surface area contributed by atoms with Gasteiger partial charge in [0.05, 0.1) is 4.92 Å². The summed E-state index contributed by atoms with van der Waals surface area (Å²) in [4.78, 5) is 20.0. The fourth-order valence-electron chi connectivity index (χ4n) is 1.01. The molecule has 8 heteroatoms. The smallest absolute Gasteiger partial charge is 0.339 e. The molecular formula is C6H7N3O5. The van der Waals surface area contributed by atoms with E-state index in [1.54, 1.807) is 0 Å². The molecule has 1 rings (SSSR count). The van der Waals surface area contributed by atoms with Crippen molar-refractivity contribution in [3.63, 3.8) is 0 Å². The summed E-state index contributed by atoms with van der Waals surface area (Å²) in [5.74, 6) is -1.56. The van der Waals surface area contributed by atoms with E-state index in [2.05, 4.69) is 5.10 Å². The van der Waals surface area contributed by atoms with Gasteiger partial charge in [-0.15, -0.1) is 0 Å². The number of aliphatic hydroxyl groups is 1. The number of aliphatic carboxylic acids is 1. The van der Waals surface area contributed by atoms with Crippen LogP contribution in [0.15, 0.2) is 6.20 Å². The van der Waals surface area contributed by atoms with Crippen LogP contribution < -0.4 is 0 Å². The molecule has 0 aliphatic rings. The zero-order valence-electron chi connectivity index (χ0n) is 7.12. The zero-order valence-corrected chi connectivity index (χ0v) is 7.12. The zero-order chi connectivity index (χ0) is 10.9. The molecule has 14 heavy (non-hydrogen) atoms. The van der Waals surface area contributed by atoms with Gasteiger partial charge >= 0.3 is 11.7 Å². The Bertz CT molecular complexity index is 385. The van der Waals surface area contributed by atoms with Gasteiger partial charge in [-0.1, -0.05) is 0 Å². The summed E-state index contributed by atoms with van der Waals surface area (Å²) in [7, 11) is 1.31. The first kappa shape index (κ1) is 10.1. The average molecular weight is 201 g/mol. The number of aliphatic hydroxyl groups excluding tert-OH is 1. The van der Waals surface area contributed by atoms with E-state index in [1.165, 1.54) is 7.05 Å². The van der Waals surface area contributed by atoms with E-state index in [4.69, 9.17) is 10.2 Å². The highest BCUT2D eigenvalue weighted by Gasteiger charge is 2.29. The van der Waals surface area contributed by atoms with Crippen LogP contribution >= 0.6 is 0 Å². The second-order valence-electron chi connectivity index (χ2n) is 2.54. The van der Waals surface area contributed by atoms with Gasteiger partial charge in [0.15, 0.2) is 11.8 Å². The van der Waals surface area contributed by atoms with E-state index in [0.717, 1.165) is 10.9 Å². The van der Waals surface area contributed by atoms with Crippen molar-refractivity contribution in [3.05, 3.63) is 22.0 Å². The molecule has 1 heterocycles. The topological polar surface area (TPSA) is 118 Å². The average Bonchev–Trinajstić information content (AvgIpc) is 2.45. The van der Waals surface area contributed by atoms with Crippen LogP contribution in [0, 0.1) is 10.1 Å². The summed E-state index contributed by atoms with van der Waals surface area (Å²) in [6.45, 7) is 0. The lowest BCUT2D eigenvalue weighted by Crippen LogP contribution is -2.15. The second kappa shape index (κ2) is 3.42. The Hall–Kier alpha value is -1.96. The lowest BCUT2D eigenvalue weighted by molar-refractivity contribution is -0.386. The highest BCUT2D eigenvalue weighted by atomic mass is 16.6. The van der Waals surface area contributed by atoms with Crippen LogP contribution in [0.1, 0.15) is 11.8 Å². The van der Waals surface area contributed by atoms with Crippen molar-refractivity contribution in [1.82, 2.24) is 9.78 Å². The normalized spacial score (nSPS) is 12.4. The Morgan fingerprint density at radius 1 is 1.79 bits per heavy atom. The standard InChI is InChI=1S/C6H7N3O5/c1-8-4(5(10)6(11)12)3(2-7-8)9(13)14/h2,5,10H,1H3,(H,11,12). The molecule has 0 aromatic carbocycles. The molecule has 0 aliphatic heterocycles. The van der Waals surface area contributed by atoms with Gasteiger partial charge in [0.25, 0.3) is 0 Å². The van der Waals surface area contributed by atoms with Crippen LogP contribution in [0.25, 0.3) is 0 Å². The molecule has 0 aliphatic carbocycles. The van der Waals surface area contributed by atoms with Crippen LogP contribution in [-0.2, 0) is 11.8 Å². The molecule has 0 bridgehead atoms. The van der Waals surface area contributed by atoms with Gasteiger partial charge in [-0.2, -0.15) is 5.10 Å². The molecule has 0 saturated carbocycles. The van der Waals surface area contributed by atoms with E-state index in [1.807, 2.05) is 0 Å². The van der Waals surface area contributed by atoms with Crippen LogP contribution in [0.3, 0.4) is 0 Å². The molecule has 0 amide bonds. The van der Waals surface area contributed by atoms with Crippen LogP contribution in [0.4, 0.5) is 5.69 Å². The van der Waals surface area contributed by atoms with Crippen molar-refractivity contribution < 1.29 is 19.9 Å². The maximum Gasteiger partial charge on any atom is 0.339 e. The lowest BCUT2D eigenvalue weighted by atomic mass is 10.2. The fraction of sp³-hybridized carbons (Fsp3) is 0.333. The number of nitrogens with zero attached hydrogens (tertiary/aromatic N) is 3. The molecule has 1 aromatic rings. The molecule has 0 fully saturated rings.